The van der Waals surface area contributed by atoms with Gasteiger partial charge in [0.2, 0.25) is 10.0 Å². The second-order valence-electron chi connectivity index (χ2n) is 6.55. The molecule has 0 amide bonds. The van der Waals surface area contributed by atoms with E-state index in [4.69, 9.17) is 21.4 Å². The number of halogens is 1. The largest absolute Gasteiger partial charge is 0.497 e. The quantitative estimate of drug-likeness (QED) is 0.642. The molecule has 1 unspecified atom stereocenters. The molecule has 0 saturated heterocycles. The van der Waals surface area contributed by atoms with Gasteiger partial charge in [-0.1, -0.05) is 30.7 Å². The summed E-state index contributed by atoms with van der Waals surface area (Å²) in [7, 11) is -2.07. The number of hydrogen-bond acceptors (Lipinski definition) is 4. The van der Waals surface area contributed by atoms with E-state index < -0.39 is 10.0 Å². The number of benzene rings is 2. The van der Waals surface area contributed by atoms with Crippen LogP contribution in [0.3, 0.4) is 0 Å². The maximum absolute atomic E-state index is 13.2. The third-order valence-corrected chi connectivity index (χ3v) is 6.57. The summed E-state index contributed by atoms with van der Waals surface area (Å²) in [6.07, 6.45) is 1.32. The number of hydrogen-bond donors (Lipinski definition) is 1. The van der Waals surface area contributed by atoms with Gasteiger partial charge in [-0.05, 0) is 60.7 Å². The maximum Gasteiger partial charge on any atom is 0.243 e. The summed E-state index contributed by atoms with van der Waals surface area (Å²) in [6, 6.07) is 13.6. The standard InChI is InChI=1S/C20H26ClNO4S/c1-16(12-14-23)11-13-22(15-17-3-7-19(26-2)8-4-17)27(24,25)20-9-5-18(21)6-10-20/h3-10,16,23H,11-15H2,1-2H3. The fourth-order valence-corrected chi connectivity index (χ4v) is 4.27. The number of ether oxygens (including phenoxy) is 1. The molecule has 0 saturated carbocycles. The van der Waals surface area contributed by atoms with Crippen LogP contribution in [0.4, 0.5) is 0 Å². The summed E-state index contributed by atoms with van der Waals surface area (Å²) in [6.45, 7) is 2.75. The Morgan fingerprint density at radius 3 is 2.26 bits per heavy atom. The molecule has 0 spiro atoms. The van der Waals surface area contributed by atoms with Crippen LogP contribution in [0, 0.1) is 5.92 Å². The van der Waals surface area contributed by atoms with Gasteiger partial charge in [-0.25, -0.2) is 8.42 Å². The number of aliphatic hydroxyl groups excluding tert-OH is 1. The van der Waals surface area contributed by atoms with Crippen molar-refractivity contribution in [1.82, 2.24) is 4.31 Å². The van der Waals surface area contributed by atoms with Gasteiger partial charge in [-0.3, -0.25) is 0 Å². The van der Waals surface area contributed by atoms with Crippen LogP contribution in [0.5, 0.6) is 5.75 Å². The molecule has 7 heteroatoms. The molecule has 0 aliphatic rings. The first kappa shape index (κ1) is 21.7. The lowest BCUT2D eigenvalue weighted by Crippen LogP contribution is -2.32. The molecule has 1 atom stereocenters. The molecule has 27 heavy (non-hydrogen) atoms. The molecule has 0 bridgehead atoms. The molecule has 0 aliphatic carbocycles. The van der Waals surface area contributed by atoms with Crippen molar-refractivity contribution in [2.24, 2.45) is 5.92 Å². The minimum absolute atomic E-state index is 0.101. The minimum Gasteiger partial charge on any atom is -0.497 e. The summed E-state index contributed by atoms with van der Waals surface area (Å²) in [5, 5.41) is 9.59. The van der Waals surface area contributed by atoms with Crippen molar-refractivity contribution in [3.05, 3.63) is 59.1 Å². The van der Waals surface area contributed by atoms with E-state index in [1.165, 1.54) is 16.4 Å². The molecule has 2 aromatic carbocycles. The average Bonchev–Trinajstić information content (AvgIpc) is 2.66. The highest BCUT2D eigenvalue weighted by molar-refractivity contribution is 7.89. The van der Waals surface area contributed by atoms with Gasteiger partial charge in [-0.15, -0.1) is 0 Å². The van der Waals surface area contributed by atoms with Crippen LogP contribution in [0.2, 0.25) is 5.02 Å². The predicted octanol–water partition coefficient (Wildman–Crippen LogP) is 3.95. The van der Waals surface area contributed by atoms with Gasteiger partial charge in [0.25, 0.3) is 0 Å². The Hall–Kier alpha value is -1.60. The molecule has 0 fully saturated rings. The fraction of sp³-hybridized carbons (Fsp3) is 0.400. The molecule has 0 aliphatic heterocycles. The molecule has 0 aromatic heterocycles. The number of methoxy groups -OCH3 is 1. The number of sulfonamides is 1. The van der Waals surface area contributed by atoms with E-state index in [0.29, 0.717) is 24.4 Å². The van der Waals surface area contributed by atoms with Gasteiger partial charge >= 0.3 is 0 Å². The van der Waals surface area contributed by atoms with Crippen LogP contribution in [0.1, 0.15) is 25.3 Å². The smallest absolute Gasteiger partial charge is 0.243 e. The highest BCUT2D eigenvalue weighted by Gasteiger charge is 2.25. The van der Waals surface area contributed by atoms with Crippen LogP contribution in [-0.4, -0.2) is 38.1 Å². The lowest BCUT2D eigenvalue weighted by Gasteiger charge is -2.24. The fourth-order valence-electron chi connectivity index (χ4n) is 2.70. The van der Waals surface area contributed by atoms with Crippen LogP contribution >= 0.6 is 11.6 Å². The minimum atomic E-state index is -3.66. The Morgan fingerprint density at radius 1 is 1.07 bits per heavy atom. The summed E-state index contributed by atoms with van der Waals surface area (Å²) in [5.41, 5.74) is 0.878. The summed E-state index contributed by atoms with van der Waals surface area (Å²) in [4.78, 5) is 0.218. The first-order valence-electron chi connectivity index (χ1n) is 8.86. The molecule has 148 valence electrons. The highest BCUT2D eigenvalue weighted by Crippen LogP contribution is 2.23. The lowest BCUT2D eigenvalue weighted by molar-refractivity contribution is 0.251. The van der Waals surface area contributed by atoms with Crippen molar-refractivity contribution in [2.75, 3.05) is 20.3 Å². The van der Waals surface area contributed by atoms with Crippen molar-refractivity contribution in [3.63, 3.8) is 0 Å². The monoisotopic (exact) mass is 411 g/mol. The zero-order chi connectivity index (χ0) is 19.9. The Balaban J connectivity index is 2.25. The lowest BCUT2D eigenvalue weighted by atomic mass is 10.0. The SMILES string of the molecule is COc1ccc(CN(CCC(C)CCO)S(=O)(=O)c2ccc(Cl)cc2)cc1. The predicted molar refractivity (Wildman–Crippen MR) is 108 cm³/mol. The van der Waals surface area contributed by atoms with Gasteiger partial charge in [-0.2, -0.15) is 4.31 Å². The van der Waals surface area contributed by atoms with Crippen molar-refractivity contribution in [3.8, 4) is 5.75 Å². The van der Waals surface area contributed by atoms with Gasteiger partial charge in [0.15, 0.2) is 0 Å². The van der Waals surface area contributed by atoms with Crippen molar-refractivity contribution >= 4 is 21.6 Å². The molecule has 1 N–H and O–H groups in total. The molecule has 0 heterocycles. The first-order chi connectivity index (χ1) is 12.9. The van der Waals surface area contributed by atoms with E-state index in [-0.39, 0.29) is 24.0 Å². The summed E-state index contributed by atoms with van der Waals surface area (Å²) >= 11 is 5.89. The highest BCUT2D eigenvalue weighted by atomic mass is 35.5. The van der Waals surface area contributed by atoms with Crippen molar-refractivity contribution < 1.29 is 18.3 Å². The average molecular weight is 412 g/mol. The molecule has 0 radical (unpaired) electrons. The Labute approximate surface area is 166 Å². The normalized spacial score (nSPS) is 12.9. The zero-order valence-electron chi connectivity index (χ0n) is 15.6. The van der Waals surface area contributed by atoms with Crippen LogP contribution in [-0.2, 0) is 16.6 Å². The second kappa shape index (κ2) is 10.1. The van der Waals surface area contributed by atoms with E-state index in [1.807, 2.05) is 31.2 Å². The van der Waals surface area contributed by atoms with Crippen molar-refractivity contribution in [1.29, 1.82) is 0 Å². The third kappa shape index (κ3) is 6.21. The molecule has 2 aromatic rings. The maximum atomic E-state index is 13.2. The summed E-state index contributed by atoms with van der Waals surface area (Å²) in [5.74, 6) is 0.955. The van der Waals surface area contributed by atoms with Gasteiger partial charge < -0.3 is 9.84 Å². The van der Waals surface area contributed by atoms with E-state index >= 15 is 0 Å². The van der Waals surface area contributed by atoms with Crippen LogP contribution < -0.4 is 4.74 Å². The van der Waals surface area contributed by atoms with Crippen molar-refractivity contribution in [2.45, 2.75) is 31.2 Å². The Kier molecular flexibility index (Phi) is 8.10. The van der Waals surface area contributed by atoms with E-state index in [9.17, 15) is 8.42 Å². The molecular formula is C20H26ClNO4S. The second-order valence-corrected chi connectivity index (χ2v) is 8.92. The zero-order valence-corrected chi connectivity index (χ0v) is 17.2. The van der Waals surface area contributed by atoms with Gasteiger partial charge in [0, 0.05) is 24.7 Å². The molecular weight excluding hydrogens is 386 g/mol. The Bertz CT molecular complexity index is 807. The van der Waals surface area contributed by atoms with Gasteiger partial charge in [0.05, 0.1) is 12.0 Å². The first-order valence-corrected chi connectivity index (χ1v) is 10.7. The number of nitrogens with zero attached hydrogens (tertiary/aromatic N) is 1. The summed E-state index contributed by atoms with van der Waals surface area (Å²) < 4.78 is 32.9. The molecule has 2 rings (SSSR count). The molecule has 5 nitrogen and oxygen atoms in total. The van der Waals surface area contributed by atoms with E-state index in [0.717, 1.165) is 11.3 Å². The van der Waals surface area contributed by atoms with Crippen LogP contribution in [0.25, 0.3) is 0 Å². The number of rotatable bonds is 10. The third-order valence-electron chi connectivity index (χ3n) is 4.46. The Morgan fingerprint density at radius 2 is 1.70 bits per heavy atom. The van der Waals surface area contributed by atoms with E-state index in [2.05, 4.69) is 0 Å². The van der Waals surface area contributed by atoms with Gasteiger partial charge in [0.1, 0.15) is 5.75 Å². The van der Waals surface area contributed by atoms with Crippen LogP contribution in [0.15, 0.2) is 53.4 Å². The van der Waals surface area contributed by atoms with E-state index in [1.54, 1.807) is 19.2 Å². The topological polar surface area (TPSA) is 66.8 Å². The number of aliphatic hydroxyl groups is 1.